The summed E-state index contributed by atoms with van der Waals surface area (Å²) in [6.07, 6.45) is 7.71. The predicted octanol–water partition coefficient (Wildman–Crippen LogP) is 3.86. The monoisotopic (exact) mass is 274 g/mol. The maximum Gasteiger partial charge on any atom is 0.314 e. The number of rotatable bonds is 4. The lowest BCUT2D eigenvalue weighted by Crippen LogP contribution is -2.22. The Kier molecular flexibility index (Phi) is 3.45. The quantitative estimate of drug-likeness (QED) is 0.907. The van der Waals surface area contributed by atoms with E-state index in [4.69, 9.17) is 4.74 Å². The van der Waals surface area contributed by atoms with Gasteiger partial charge in [-0.1, -0.05) is 25.3 Å². The molecule has 0 aromatic heterocycles. The van der Waals surface area contributed by atoms with E-state index in [2.05, 4.69) is 6.07 Å². The third-order valence-corrected chi connectivity index (χ3v) is 4.98. The Morgan fingerprint density at radius 1 is 1.25 bits per heavy atom. The van der Waals surface area contributed by atoms with Crippen molar-refractivity contribution in [1.82, 2.24) is 0 Å². The summed E-state index contributed by atoms with van der Waals surface area (Å²) in [6, 6.07) is 5.98. The maximum absolute atomic E-state index is 11.6. The molecule has 0 spiro atoms. The Bertz CT molecular complexity index is 511. The lowest BCUT2D eigenvalue weighted by molar-refractivity contribution is -0.140. The predicted molar refractivity (Wildman–Crippen MR) is 77.4 cm³/mol. The van der Waals surface area contributed by atoms with Crippen LogP contribution >= 0.6 is 0 Å². The second-order valence-electron chi connectivity index (χ2n) is 6.18. The highest BCUT2D eigenvalue weighted by Crippen LogP contribution is 2.52. The minimum Gasteiger partial charge on any atom is -0.497 e. The van der Waals surface area contributed by atoms with Gasteiger partial charge in [-0.15, -0.1) is 0 Å². The number of hydrogen-bond acceptors (Lipinski definition) is 2. The molecule has 0 radical (unpaired) electrons. The molecule has 1 aromatic rings. The molecule has 0 atom stereocenters. The second kappa shape index (κ2) is 5.12. The van der Waals surface area contributed by atoms with Gasteiger partial charge in [0.1, 0.15) is 5.75 Å². The first-order valence-electron chi connectivity index (χ1n) is 7.59. The molecule has 2 aliphatic rings. The zero-order valence-corrected chi connectivity index (χ0v) is 12.0. The van der Waals surface area contributed by atoms with Crippen molar-refractivity contribution >= 4 is 5.97 Å². The van der Waals surface area contributed by atoms with Crippen LogP contribution in [0, 0.1) is 0 Å². The molecule has 3 heteroatoms. The smallest absolute Gasteiger partial charge is 0.314 e. The molecular weight excluding hydrogens is 252 g/mol. The number of carbonyl (C=O) groups is 1. The fraction of sp³-hybridized carbons (Fsp3) is 0.588. The molecule has 0 heterocycles. The van der Waals surface area contributed by atoms with Crippen LogP contribution in [0.15, 0.2) is 18.2 Å². The van der Waals surface area contributed by atoms with Gasteiger partial charge in [-0.3, -0.25) is 4.79 Å². The lowest BCUT2D eigenvalue weighted by Gasteiger charge is -2.27. The number of aliphatic carboxylic acids is 1. The van der Waals surface area contributed by atoms with Crippen molar-refractivity contribution in [1.29, 1.82) is 0 Å². The standard InChI is InChI=1S/C17H22O3/c1-20-13-7-8-15(17(9-10-17)16(18)19)14(11-13)12-5-3-2-4-6-12/h7-8,11-12H,2-6,9-10H2,1H3,(H,18,19). The van der Waals surface area contributed by atoms with Crippen LogP contribution in [-0.4, -0.2) is 18.2 Å². The number of methoxy groups -OCH3 is 1. The van der Waals surface area contributed by atoms with E-state index in [-0.39, 0.29) is 0 Å². The number of ether oxygens (including phenoxy) is 1. The van der Waals surface area contributed by atoms with E-state index in [1.807, 2.05) is 12.1 Å². The summed E-state index contributed by atoms with van der Waals surface area (Å²) in [5, 5.41) is 9.58. The van der Waals surface area contributed by atoms with E-state index in [9.17, 15) is 9.90 Å². The number of benzene rings is 1. The SMILES string of the molecule is COc1ccc(C2(C(=O)O)CC2)c(C2CCCCC2)c1. The number of hydrogen-bond donors (Lipinski definition) is 1. The summed E-state index contributed by atoms with van der Waals surface area (Å²) >= 11 is 0. The molecule has 0 bridgehead atoms. The Labute approximate surface area is 120 Å². The largest absolute Gasteiger partial charge is 0.497 e. The van der Waals surface area contributed by atoms with Crippen LogP contribution in [0.3, 0.4) is 0 Å². The van der Waals surface area contributed by atoms with Crippen molar-refractivity contribution < 1.29 is 14.6 Å². The third kappa shape index (κ3) is 2.19. The van der Waals surface area contributed by atoms with Crippen molar-refractivity contribution in [3.63, 3.8) is 0 Å². The third-order valence-electron chi connectivity index (χ3n) is 4.98. The van der Waals surface area contributed by atoms with Gasteiger partial charge in [-0.05, 0) is 54.9 Å². The zero-order valence-electron chi connectivity index (χ0n) is 12.0. The Morgan fingerprint density at radius 3 is 2.50 bits per heavy atom. The van der Waals surface area contributed by atoms with Crippen molar-refractivity contribution in [2.24, 2.45) is 0 Å². The summed E-state index contributed by atoms with van der Waals surface area (Å²) in [5.74, 6) is 0.681. The maximum atomic E-state index is 11.6. The molecule has 108 valence electrons. The molecule has 1 aromatic carbocycles. The fourth-order valence-electron chi connectivity index (χ4n) is 3.58. The highest BCUT2D eigenvalue weighted by molar-refractivity contribution is 5.85. The van der Waals surface area contributed by atoms with Gasteiger partial charge < -0.3 is 9.84 Å². The fourth-order valence-corrected chi connectivity index (χ4v) is 3.58. The average molecular weight is 274 g/mol. The summed E-state index contributed by atoms with van der Waals surface area (Å²) in [5.41, 5.74) is 1.65. The van der Waals surface area contributed by atoms with Crippen LogP contribution in [0.5, 0.6) is 5.75 Å². The van der Waals surface area contributed by atoms with Crippen LogP contribution in [-0.2, 0) is 10.2 Å². The van der Waals surface area contributed by atoms with Crippen LogP contribution in [0.2, 0.25) is 0 Å². The van der Waals surface area contributed by atoms with Gasteiger partial charge in [-0.25, -0.2) is 0 Å². The molecule has 0 amide bonds. The lowest BCUT2D eigenvalue weighted by atomic mass is 9.78. The Morgan fingerprint density at radius 2 is 1.95 bits per heavy atom. The Balaban J connectivity index is 2.02. The first kappa shape index (κ1) is 13.5. The molecule has 3 rings (SSSR count). The number of carboxylic acid groups (broad SMARTS) is 1. The van der Waals surface area contributed by atoms with Crippen LogP contribution in [0.1, 0.15) is 62.0 Å². The topological polar surface area (TPSA) is 46.5 Å². The minimum absolute atomic E-state index is 0.505. The average Bonchev–Trinajstić information content (AvgIpc) is 3.29. The van der Waals surface area contributed by atoms with Gasteiger partial charge in [0, 0.05) is 0 Å². The van der Waals surface area contributed by atoms with Crippen LogP contribution in [0.4, 0.5) is 0 Å². The van der Waals surface area contributed by atoms with E-state index in [1.165, 1.54) is 37.7 Å². The molecular formula is C17H22O3. The van der Waals surface area contributed by atoms with E-state index in [0.717, 1.165) is 24.2 Å². The molecule has 3 nitrogen and oxygen atoms in total. The second-order valence-corrected chi connectivity index (χ2v) is 6.18. The van der Waals surface area contributed by atoms with Crippen LogP contribution in [0.25, 0.3) is 0 Å². The molecule has 0 aliphatic heterocycles. The molecule has 2 fully saturated rings. The number of carboxylic acids is 1. The Hall–Kier alpha value is -1.51. The molecule has 0 unspecified atom stereocenters. The van der Waals surface area contributed by atoms with Crippen LogP contribution < -0.4 is 4.74 Å². The van der Waals surface area contributed by atoms with E-state index in [1.54, 1.807) is 7.11 Å². The highest BCUT2D eigenvalue weighted by atomic mass is 16.5. The van der Waals surface area contributed by atoms with Crippen molar-refractivity contribution in [2.75, 3.05) is 7.11 Å². The summed E-state index contributed by atoms with van der Waals surface area (Å²) < 4.78 is 5.35. The van der Waals surface area contributed by atoms with E-state index < -0.39 is 11.4 Å². The summed E-state index contributed by atoms with van der Waals surface area (Å²) in [7, 11) is 1.67. The molecule has 2 saturated carbocycles. The molecule has 0 saturated heterocycles. The zero-order chi connectivity index (χ0) is 14.2. The molecule has 2 aliphatic carbocycles. The van der Waals surface area contributed by atoms with Gasteiger partial charge in [-0.2, -0.15) is 0 Å². The van der Waals surface area contributed by atoms with Gasteiger partial charge in [0.25, 0.3) is 0 Å². The van der Waals surface area contributed by atoms with Gasteiger partial charge in [0.05, 0.1) is 12.5 Å². The first-order valence-corrected chi connectivity index (χ1v) is 7.59. The minimum atomic E-state index is -0.667. The van der Waals surface area contributed by atoms with Gasteiger partial charge >= 0.3 is 5.97 Å². The first-order chi connectivity index (χ1) is 9.67. The normalized spacial score (nSPS) is 21.4. The van der Waals surface area contributed by atoms with E-state index in [0.29, 0.717) is 5.92 Å². The summed E-state index contributed by atoms with van der Waals surface area (Å²) in [4.78, 5) is 11.6. The molecule has 20 heavy (non-hydrogen) atoms. The van der Waals surface area contributed by atoms with E-state index >= 15 is 0 Å². The van der Waals surface area contributed by atoms with Crippen molar-refractivity contribution in [2.45, 2.75) is 56.3 Å². The summed E-state index contributed by atoms with van der Waals surface area (Å²) in [6.45, 7) is 0. The van der Waals surface area contributed by atoms with Crippen molar-refractivity contribution in [3.05, 3.63) is 29.3 Å². The van der Waals surface area contributed by atoms with Gasteiger partial charge in [0.15, 0.2) is 0 Å². The molecule has 1 N–H and O–H groups in total. The van der Waals surface area contributed by atoms with Crippen molar-refractivity contribution in [3.8, 4) is 5.75 Å². The van der Waals surface area contributed by atoms with Gasteiger partial charge in [0.2, 0.25) is 0 Å². The highest BCUT2D eigenvalue weighted by Gasteiger charge is 2.53.